The van der Waals surface area contributed by atoms with Crippen molar-refractivity contribution in [1.29, 1.82) is 0 Å². The van der Waals surface area contributed by atoms with E-state index in [1.165, 1.54) is 0 Å². The lowest BCUT2D eigenvalue weighted by molar-refractivity contribution is 0.248. The molecule has 0 bridgehead atoms. The van der Waals surface area contributed by atoms with E-state index in [0.29, 0.717) is 11.6 Å². The average Bonchev–Trinajstić information content (AvgIpc) is 2.98. The number of pyridine rings is 1. The number of rotatable bonds is 7. The minimum atomic E-state index is -0.578. The van der Waals surface area contributed by atoms with E-state index in [9.17, 15) is 4.79 Å². The molecule has 3 N–H and O–H groups in total. The van der Waals surface area contributed by atoms with E-state index in [1.54, 1.807) is 18.0 Å². The van der Waals surface area contributed by atoms with Gasteiger partial charge in [0.05, 0.1) is 18.8 Å². The maximum Gasteiger partial charge on any atom is 0.312 e. The van der Waals surface area contributed by atoms with Crippen LogP contribution in [0.2, 0.25) is 5.02 Å². The summed E-state index contributed by atoms with van der Waals surface area (Å²) in [6.45, 7) is 5.05. The van der Waals surface area contributed by atoms with Gasteiger partial charge in [-0.2, -0.15) is 0 Å². The molecular weight excluding hydrogens is 394 g/mol. The normalized spacial score (nSPS) is 11.0. The third kappa shape index (κ3) is 5.05. The number of aromatic nitrogens is 3. The zero-order chi connectivity index (χ0) is 20.1. The van der Waals surface area contributed by atoms with Gasteiger partial charge in [-0.05, 0) is 35.7 Å². The quantitative estimate of drug-likeness (QED) is 0.597. The molecule has 0 aliphatic carbocycles. The zero-order valence-electron chi connectivity index (χ0n) is 15.7. The van der Waals surface area contributed by atoms with Crippen LogP contribution in [0.25, 0.3) is 0 Å². The lowest BCUT2D eigenvalue weighted by atomic mass is 10.1. The van der Waals surface area contributed by atoms with Gasteiger partial charge in [0, 0.05) is 22.3 Å². The van der Waals surface area contributed by atoms with Crippen molar-refractivity contribution in [3.63, 3.8) is 0 Å². The van der Waals surface area contributed by atoms with Crippen molar-refractivity contribution in [3.8, 4) is 0 Å². The summed E-state index contributed by atoms with van der Waals surface area (Å²) in [7, 11) is 0. The van der Waals surface area contributed by atoms with Gasteiger partial charge in [0.1, 0.15) is 10.9 Å². The molecule has 8 heteroatoms. The molecule has 0 saturated heterocycles. The Bertz CT molecular complexity index is 958. The summed E-state index contributed by atoms with van der Waals surface area (Å²) >= 11 is 7.78. The number of carbonyl (C=O) groups excluding carboxylic acids is 1. The number of primary amides is 1. The molecule has 0 saturated carbocycles. The number of imidazole rings is 1. The van der Waals surface area contributed by atoms with Crippen LogP contribution in [0.1, 0.15) is 36.8 Å². The Kier molecular flexibility index (Phi) is 6.59. The summed E-state index contributed by atoms with van der Waals surface area (Å²) in [6, 6.07) is 11.1. The summed E-state index contributed by atoms with van der Waals surface area (Å²) in [5.74, 6) is 0.958. The summed E-state index contributed by atoms with van der Waals surface area (Å²) in [5, 5.41) is 4.35. The number of nitrogens with two attached hydrogens (primary N) is 1. The second kappa shape index (κ2) is 9.12. The number of halogens is 1. The Morgan fingerprint density at radius 1 is 1.32 bits per heavy atom. The molecule has 28 heavy (non-hydrogen) atoms. The highest BCUT2D eigenvalue weighted by Crippen LogP contribution is 2.36. The van der Waals surface area contributed by atoms with E-state index in [2.05, 4.69) is 28.7 Å². The second-order valence-electron chi connectivity index (χ2n) is 6.60. The molecule has 2 amide bonds. The predicted molar refractivity (Wildman–Crippen MR) is 112 cm³/mol. The summed E-state index contributed by atoms with van der Waals surface area (Å²) in [6.07, 6.45) is 3.57. The van der Waals surface area contributed by atoms with Gasteiger partial charge >= 0.3 is 6.03 Å². The Hall–Kier alpha value is -2.51. The van der Waals surface area contributed by atoms with Gasteiger partial charge in [0.15, 0.2) is 0 Å². The van der Waals surface area contributed by atoms with Crippen molar-refractivity contribution in [2.24, 2.45) is 5.73 Å². The molecule has 0 spiro atoms. The maximum atomic E-state index is 11.2. The molecule has 0 aliphatic heterocycles. The minimum Gasteiger partial charge on any atom is -0.352 e. The van der Waals surface area contributed by atoms with E-state index in [1.807, 2.05) is 42.6 Å². The molecule has 0 unspecified atom stereocenters. The number of hydrogen-bond donors (Lipinski definition) is 2. The van der Waals surface area contributed by atoms with E-state index in [-0.39, 0.29) is 12.5 Å². The highest BCUT2D eigenvalue weighted by atomic mass is 35.5. The average molecular weight is 416 g/mol. The van der Waals surface area contributed by atoms with Crippen molar-refractivity contribution in [2.75, 3.05) is 0 Å². The molecule has 2 aromatic heterocycles. The molecule has 0 aliphatic rings. The third-order valence-corrected chi connectivity index (χ3v) is 5.41. The first-order chi connectivity index (χ1) is 13.4. The zero-order valence-corrected chi connectivity index (χ0v) is 17.3. The van der Waals surface area contributed by atoms with Crippen LogP contribution in [0.4, 0.5) is 4.79 Å². The fourth-order valence-electron chi connectivity index (χ4n) is 2.77. The lowest BCUT2D eigenvalue weighted by Gasteiger charge is -2.13. The number of urea groups is 1. The Balaban J connectivity index is 2.06. The fourth-order valence-corrected chi connectivity index (χ4v) is 4.24. The highest BCUT2D eigenvalue weighted by molar-refractivity contribution is 7.99. The predicted octanol–water partition coefficient (Wildman–Crippen LogP) is 4.42. The van der Waals surface area contributed by atoms with Gasteiger partial charge in [-0.3, -0.25) is 4.98 Å². The smallest absolute Gasteiger partial charge is 0.312 e. The first kappa shape index (κ1) is 20.2. The van der Waals surface area contributed by atoms with Crippen LogP contribution in [0.15, 0.2) is 58.7 Å². The Labute approximate surface area is 173 Å². The van der Waals surface area contributed by atoms with Gasteiger partial charge in [-0.1, -0.05) is 49.3 Å². The Morgan fingerprint density at radius 3 is 2.79 bits per heavy atom. The molecular formula is C20H22ClN5OS. The molecule has 1 aromatic carbocycles. The number of carbonyl (C=O) groups is 1. The monoisotopic (exact) mass is 415 g/mol. The maximum absolute atomic E-state index is 11.2. The van der Waals surface area contributed by atoms with Gasteiger partial charge in [-0.25, -0.2) is 9.78 Å². The fraction of sp³-hybridized carbons (Fsp3) is 0.250. The second-order valence-corrected chi connectivity index (χ2v) is 8.10. The topological polar surface area (TPSA) is 85.8 Å². The number of nitrogens with zero attached hydrogens (tertiary/aromatic N) is 3. The third-order valence-electron chi connectivity index (χ3n) is 4.07. The SMILES string of the molecule is CC(C)c1nc(CNC(N)=O)n(Cc2cccnc2)c1Sc1cccc(Cl)c1. The van der Waals surface area contributed by atoms with Gasteiger partial charge in [-0.15, -0.1) is 0 Å². The summed E-state index contributed by atoms with van der Waals surface area (Å²) in [4.78, 5) is 21.3. The highest BCUT2D eigenvalue weighted by Gasteiger charge is 2.21. The molecule has 0 fully saturated rings. The van der Waals surface area contributed by atoms with Crippen molar-refractivity contribution < 1.29 is 4.79 Å². The van der Waals surface area contributed by atoms with Crippen LogP contribution in [-0.2, 0) is 13.1 Å². The largest absolute Gasteiger partial charge is 0.352 e. The van der Waals surface area contributed by atoms with E-state index >= 15 is 0 Å². The number of benzene rings is 1. The van der Waals surface area contributed by atoms with Crippen LogP contribution in [0.3, 0.4) is 0 Å². The van der Waals surface area contributed by atoms with Crippen molar-refractivity contribution in [2.45, 2.75) is 42.8 Å². The molecule has 2 heterocycles. The number of amides is 2. The first-order valence-electron chi connectivity index (χ1n) is 8.89. The minimum absolute atomic E-state index is 0.212. The van der Waals surface area contributed by atoms with Gasteiger partial charge in [0.2, 0.25) is 0 Å². The number of hydrogen-bond acceptors (Lipinski definition) is 4. The van der Waals surface area contributed by atoms with E-state index in [4.69, 9.17) is 22.3 Å². The van der Waals surface area contributed by atoms with Crippen LogP contribution in [-0.4, -0.2) is 20.6 Å². The molecule has 0 atom stereocenters. The van der Waals surface area contributed by atoms with Gasteiger partial charge in [0.25, 0.3) is 0 Å². The lowest BCUT2D eigenvalue weighted by Crippen LogP contribution is -2.30. The first-order valence-corrected chi connectivity index (χ1v) is 10.1. The van der Waals surface area contributed by atoms with Crippen molar-refractivity contribution >= 4 is 29.4 Å². The molecule has 3 rings (SSSR count). The van der Waals surface area contributed by atoms with Crippen LogP contribution >= 0.6 is 23.4 Å². The van der Waals surface area contributed by atoms with E-state index < -0.39 is 6.03 Å². The molecule has 3 aromatic rings. The van der Waals surface area contributed by atoms with E-state index in [0.717, 1.165) is 27.0 Å². The van der Waals surface area contributed by atoms with Crippen molar-refractivity contribution in [1.82, 2.24) is 19.9 Å². The Morgan fingerprint density at radius 2 is 2.14 bits per heavy atom. The van der Waals surface area contributed by atoms with Gasteiger partial charge < -0.3 is 15.6 Å². The standard InChI is InChI=1S/C20H22ClN5OS/c1-13(2)18-19(28-16-7-3-6-15(21)9-16)26(12-14-5-4-8-23-10-14)17(25-18)11-24-20(22)27/h3-10,13H,11-12H2,1-2H3,(H3,22,24,27). The number of nitrogens with one attached hydrogen (secondary N) is 1. The van der Waals surface area contributed by atoms with Crippen LogP contribution in [0.5, 0.6) is 0 Å². The molecule has 6 nitrogen and oxygen atoms in total. The van der Waals surface area contributed by atoms with Crippen LogP contribution < -0.4 is 11.1 Å². The summed E-state index contributed by atoms with van der Waals surface area (Å²) < 4.78 is 2.11. The van der Waals surface area contributed by atoms with Crippen LogP contribution in [0, 0.1) is 0 Å². The molecule has 0 radical (unpaired) electrons. The summed E-state index contributed by atoms with van der Waals surface area (Å²) in [5.41, 5.74) is 7.28. The molecule has 146 valence electrons. The van der Waals surface area contributed by atoms with Crippen molar-refractivity contribution in [3.05, 3.63) is 70.9 Å².